The molecule has 0 aromatic heterocycles. The normalized spacial score (nSPS) is 9.87. The molecule has 4 rings (SSSR count). The van der Waals surface area contributed by atoms with Crippen molar-refractivity contribution in [3.8, 4) is 11.1 Å². The Bertz CT molecular complexity index is 1410. The van der Waals surface area contributed by atoms with Gasteiger partial charge in [0.25, 0.3) is 11.4 Å². The van der Waals surface area contributed by atoms with Gasteiger partial charge in [-0.05, 0) is 114 Å². The molecular weight excluding hydrogens is 870 g/mol. The Kier molecular flexibility index (Phi) is 13.5. The van der Waals surface area contributed by atoms with E-state index in [1.54, 1.807) is 48.5 Å². The van der Waals surface area contributed by atoms with Gasteiger partial charge in [0.2, 0.25) is 0 Å². The van der Waals surface area contributed by atoms with E-state index in [1.165, 1.54) is 6.07 Å². The number of nitro benzene ring substituents is 2. The van der Waals surface area contributed by atoms with Crippen molar-refractivity contribution < 1.29 is 19.9 Å². The second-order valence-corrected chi connectivity index (χ2v) is 12.0. The Hall–Kier alpha value is -1.69. The average molecular weight is 886 g/mol. The summed E-state index contributed by atoms with van der Waals surface area (Å²) < 4.78 is 3.77. The van der Waals surface area contributed by atoms with Crippen molar-refractivity contribution in [2.75, 3.05) is 0 Å². The van der Waals surface area contributed by atoms with Crippen LogP contribution in [-0.2, 0) is 0 Å². The highest BCUT2D eigenvalue weighted by atomic mass is 127. The molecule has 0 atom stereocenters. The van der Waals surface area contributed by atoms with Gasteiger partial charge in [0.15, 0.2) is 0 Å². The zero-order valence-corrected chi connectivity index (χ0v) is 27.5. The van der Waals surface area contributed by atoms with E-state index < -0.39 is 17.0 Å². The predicted molar refractivity (Wildman–Crippen MR) is 171 cm³/mol. The van der Waals surface area contributed by atoms with Crippen molar-refractivity contribution in [1.82, 2.24) is 0 Å². The minimum atomic E-state index is -1.37. The molecule has 0 amide bonds. The first kappa shape index (κ1) is 32.5. The van der Waals surface area contributed by atoms with Crippen LogP contribution in [0.15, 0.2) is 103 Å². The number of hydrogen-bond donors (Lipinski definition) is 2. The first-order valence-corrected chi connectivity index (χ1v) is 14.5. The molecule has 0 radical (unpaired) electrons. The van der Waals surface area contributed by atoms with Crippen LogP contribution in [0.2, 0.25) is 0 Å². The molecule has 0 fully saturated rings. The first-order chi connectivity index (χ1) is 17.9. The Morgan fingerprint density at radius 1 is 0.632 bits per heavy atom. The highest BCUT2D eigenvalue weighted by Gasteiger charge is 2.13. The summed E-state index contributed by atoms with van der Waals surface area (Å²) >= 11 is 14.9. The van der Waals surface area contributed by atoms with Gasteiger partial charge in [-0.1, -0.05) is 62.2 Å². The largest absolute Gasteiger partial charge is 0.488 e. The Morgan fingerprint density at radius 2 is 1.05 bits per heavy atom. The number of benzene rings is 4. The lowest BCUT2D eigenvalue weighted by Crippen LogP contribution is -2.29. The number of halogens is 5. The SMILES string of the molecule is O=[N+]([O-])c1cc(-c2ccc(Br)cc2)ccc1Br.O=[N+]([O-])c1cc(I)ccc1Br.OB(O)c1ccc(Br)cc1. The van der Waals surface area contributed by atoms with Crippen LogP contribution in [0.4, 0.5) is 11.4 Å². The van der Waals surface area contributed by atoms with Crippen molar-refractivity contribution in [3.05, 3.63) is 127 Å². The summed E-state index contributed by atoms with van der Waals surface area (Å²) in [4.78, 5) is 20.4. The lowest BCUT2D eigenvalue weighted by molar-refractivity contribution is -0.385. The average Bonchev–Trinajstić information content (AvgIpc) is 2.87. The Balaban J connectivity index is 0.000000211. The molecule has 0 aliphatic heterocycles. The van der Waals surface area contributed by atoms with Crippen LogP contribution in [0, 0.1) is 23.8 Å². The minimum absolute atomic E-state index is 0.0745. The van der Waals surface area contributed by atoms with Crippen LogP contribution < -0.4 is 5.46 Å². The van der Waals surface area contributed by atoms with Gasteiger partial charge in [-0.15, -0.1) is 0 Å². The molecule has 38 heavy (non-hydrogen) atoms. The predicted octanol–water partition coefficient (Wildman–Crippen LogP) is 7.88. The van der Waals surface area contributed by atoms with Crippen LogP contribution in [-0.4, -0.2) is 27.0 Å². The van der Waals surface area contributed by atoms with Gasteiger partial charge in [0.05, 0.1) is 18.8 Å². The van der Waals surface area contributed by atoms with Crippen LogP contribution >= 0.6 is 86.3 Å². The third-order valence-electron chi connectivity index (χ3n) is 4.59. The molecule has 0 spiro atoms. The fourth-order valence-electron chi connectivity index (χ4n) is 2.74. The highest BCUT2D eigenvalue weighted by Crippen LogP contribution is 2.31. The lowest BCUT2D eigenvalue weighted by Gasteiger charge is -2.03. The molecular formula is C24H16BBr4IN2O6. The van der Waals surface area contributed by atoms with E-state index in [0.717, 1.165) is 23.6 Å². The van der Waals surface area contributed by atoms with Gasteiger partial charge in [-0.2, -0.15) is 0 Å². The lowest BCUT2D eigenvalue weighted by atomic mass is 9.81. The molecule has 0 saturated carbocycles. The van der Waals surface area contributed by atoms with Gasteiger partial charge in [-0.25, -0.2) is 0 Å². The van der Waals surface area contributed by atoms with Crippen LogP contribution in [0.5, 0.6) is 0 Å². The van der Waals surface area contributed by atoms with Gasteiger partial charge in [-0.3, -0.25) is 20.2 Å². The van der Waals surface area contributed by atoms with E-state index in [-0.39, 0.29) is 11.4 Å². The van der Waals surface area contributed by atoms with Crippen molar-refractivity contribution in [3.63, 3.8) is 0 Å². The summed E-state index contributed by atoms with van der Waals surface area (Å²) in [5.41, 5.74) is 2.46. The van der Waals surface area contributed by atoms with Gasteiger partial charge in [0, 0.05) is 24.6 Å². The second kappa shape index (κ2) is 15.8. The van der Waals surface area contributed by atoms with Gasteiger partial charge in [0.1, 0.15) is 0 Å². The molecule has 0 saturated heterocycles. The standard InChI is InChI=1S/C12H7Br2NO2.C6H6BBrO2.C6H3BrINO2/c13-10-4-1-8(2-5-10)9-3-6-11(14)12(7-9)15(16)17;8-6-3-1-5(2-4-6)7(9)10;7-5-2-1-4(8)3-6(5)9(10)11/h1-7H;1-4,9-10H;1-3H. The highest BCUT2D eigenvalue weighted by molar-refractivity contribution is 14.1. The Morgan fingerprint density at radius 3 is 1.50 bits per heavy atom. The number of rotatable bonds is 4. The number of nitrogens with zero attached hydrogens (tertiary/aromatic N) is 2. The van der Waals surface area contributed by atoms with Crippen LogP contribution in [0.3, 0.4) is 0 Å². The maximum absolute atomic E-state index is 10.8. The molecule has 2 N–H and O–H groups in total. The zero-order chi connectivity index (χ0) is 28.4. The summed E-state index contributed by atoms with van der Waals surface area (Å²) in [5.74, 6) is 0. The van der Waals surface area contributed by atoms with Crippen LogP contribution in [0.25, 0.3) is 11.1 Å². The molecule has 8 nitrogen and oxygen atoms in total. The van der Waals surface area contributed by atoms with Crippen LogP contribution in [0.1, 0.15) is 0 Å². The Labute approximate surface area is 265 Å². The molecule has 0 aliphatic rings. The van der Waals surface area contributed by atoms with E-state index in [2.05, 4.69) is 63.7 Å². The smallest absolute Gasteiger partial charge is 0.423 e. The minimum Gasteiger partial charge on any atom is -0.423 e. The number of nitro groups is 2. The van der Waals surface area contributed by atoms with Crippen molar-refractivity contribution in [2.45, 2.75) is 0 Å². The summed E-state index contributed by atoms with van der Waals surface area (Å²) in [6, 6.07) is 24.5. The summed E-state index contributed by atoms with van der Waals surface area (Å²) in [6.45, 7) is 0. The molecule has 0 bridgehead atoms. The van der Waals surface area contributed by atoms with E-state index in [9.17, 15) is 20.2 Å². The van der Waals surface area contributed by atoms with E-state index in [0.29, 0.717) is 14.4 Å². The number of hydrogen-bond acceptors (Lipinski definition) is 6. The molecule has 0 heterocycles. The van der Waals surface area contributed by atoms with Crippen molar-refractivity contribution >= 4 is 110 Å². The first-order valence-electron chi connectivity index (χ1n) is 10.3. The topological polar surface area (TPSA) is 127 Å². The molecule has 4 aromatic carbocycles. The fourth-order valence-corrected chi connectivity index (χ4v) is 4.52. The maximum atomic E-state index is 10.8. The van der Waals surface area contributed by atoms with E-state index in [4.69, 9.17) is 10.0 Å². The second-order valence-electron chi connectivity index (χ2n) is 7.21. The van der Waals surface area contributed by atoms with Gasteiger partial charge < -0.3 is 10.0 Å². The third-order valence-corrected chi connectivity index (χ3v) is 7.66. The van der Waals surface area contributed by atoms with E-state index >= 15 is 0 Å². The fraction of sp³-hybridized carbons (Fsp3) is 0. The van der Waals surface area contributed by atoms with Gasteiger partial charge >= 0.3 is 7.12 Å². The summed E-state index contributed by atoms with van der Waals surface area (Å²) in [7, 11) is -1.37. The molecule has 0 unspecified atom stereocenters. The monoisotopic (exact) mass is 882 g/mol. The maximum Gasteiger partial charge on any atom is 0.488 e. The molecule has 196 valence electrons. The summed E-state index contributed by atoms with van der Waals surface area (Å²) in [5, 5.41) is 38.5. The molecule has 0 aliphatic carbocycles. The van der Waals surface area contributed by atoms with Crippen molar-refractivity contribution in [1.29, 1.82) is 0 Å². The van der Waals surface area contributed by atoms with Crippen molar-refractivity contribution in [2.24, 2.45) is 0 Å². The summed E-state index contributed by atoms with van der Waals surface area (Å²) in [6.07, 6.45) is 0. The van der Waals surface area contributed by atoms with E-state index in [1.807, 2.05) is 52.9 Å². The zero-order valence-electron chi connectivity index (χ0n) is 19.0. The molecule has 4 aromatic rings. The quantitative estimate of drug-likeness (QED) is 0.0931. The third kappa shape index (κ3) is 10.5. The molecule has 14 heteroatoms.